The molecule has 1 aromatic heterocycles. The van der Waals surface area contributed by atoms with Crippen molar-refractivity contribution >= 4 is 11.8 Å². The average molecular weight is 216 g/mol. The van der Waals surface area contributed by atoms with Crippen LogP contribution in [0.1, 0.15) is 29.3 Å². The minimum atomic E-state index is -2.69. The first-order chi connectivity index (χ1) is 7.06. The number of esters is 1. The first-order valence-electron chi connectivity index (χ1n) is 4.27. The third-order valence-corrected chi connectivity index (χ3v) is 1.69. The highest BCUT2D eigenvalue weighted by Gasteiger charge is 2.16. The van der Waals surface area contributed by atoms with Crippen LogP contribution in [0.15, 0.2) is 12.3 Å². The first kappa shape index (κ1) is 11.4. The third-order valence-electron chi connectivity index (χ3n) is 1.69. The molecule has 0 aliphatic heterocycles. The number of nitrogens with two attached hydrogens (primary N) is 1. The van der Waals surface area contributed by atoms with E-state index in [-0.39, 0.29) is 23.6 Å². The van der Waals surface area contributed by atoms with Gasteiger partial charge in [-0.05, 0) is 13.0 Å². The molecule has 0 bridgehead atoms. The monoisotopic (exact) mass is 216 g/mol. The zero-order valence-electron chi connectivity index (χ0n) is 8.04. The van der Waals surface area contributed by atoms with Crippen molar-refractivity contribution in [2.45, 2.75) is 13.3 Å². The SMILES string of the molecule is CCOC(=O)c1cc(C(F)F)cnc1N. The first-order valence-corrected chi connectivity index (χ1v) is 4.27. The second-order valence-corrected chi connectivity index (χ2v) is 2.72. The Labute approximate surface area is 85.1 Å². The van der Waals surface area contributed by atoms with Gasteiger partial charge in [0, 0.05) is 11.8 Å². The van der Waals surface area contributed by atoms with Crippen molar-refractivity contribution in [3.8, 4) is 0 Å². The van der Waals surface area contributed by atoms with Gasteiger partial charge in [0.2, 0.25) is 0 Å². The summed E-state index contributed by atoms with van der Waals surface area (Å²) in [5, 5.41) is 0. The minimum absolute atomic E-state index is 0.113. The predicted molar refractivity (Wildman–Crippen MR) is 49.6 cm³/mol. The standard InChI is InChI=1S/C9H10F2N2O2/c1-2-15-9(14)6-3-5(7(10)11)4-13-8(6)12/h3-4,7H,2H2,1H3,(H2,12,13). The summed E-state index contributed by atoms with van der Waals surface area (Å²) in [7, 11) is 0. The molecule has 0 saturated carbocycles. The number of rotatable bonds is 3. The van der Waals surface area contributed by atoms with Crippen LogP contribution in [-0.4, -0.2) is 17.6 Å². The fraction of sp³-hybridized carbons (Fsp3) is 0.333. The Morgan fingerprint density at radius 1 is 1.67 bits per heavy atom. The molecule has 0 radical (unpaired) electrons. The second-order valence-electron chi connectivity index (χ2n) is 2.72. The molecule has 0 amide bonds. The van der Waals surface area contributed by atoms with Crippen LogP contribution in [0.5, 0.6) is 0 Å². The van der Waals surface area contributed by atoms with Gasteiger partial charge in [-0.1, -0.05) is 0 Å². The van der Waals surface area contributed by atoms with E-state index in [2.05, 4.69) is 9.72 Å². The lowest BCUT2D eigenvalue weighted by molar-refractivity contribution is 0.0527. The van der Waals surface area contributed by atoms with E-state index in [4.69, 9.17) is 5.73 Å². The average Bonchev–Trinajstić information content (AvgIpc) is 2.18. The van der Waals surface area contributed by atoms with Gasteiger partial charge in [0.25, 0.3) is 6.43 Å². The summed E-state index contributed by atoms with van der Waals surface area (Å²) in [5.74, 6) is -0.858. The van der Waals surface area contributed by atoms with Gasteiger partial charge in [0.1, 0.15) is 11.4 Å². The minimum Gasteiger partial charge on any atom is -0.462 e. The van der Waals surface area contributed by atoms with Crippen LogP contribution in [0.25, 0.3) is 0 Å². The largest absolute Gasteiger partial charge is 0.462 e. The van der Waals surface area contributed by atoms with Gasteiger partial charge >= 0.3 is 5.97 Å². The number of hydrogen-bond acceptors (Lipinski definition) is 4. The van der Waals surface area contributed by atoms with Gasteiger partial charge in [-0.2, -0.15) is 0 Å². The van der Waals surface area contributed by atoms with Crippen LogP contribution in [0, 0.1) is 0 Å². The number of alkyl halides is 2. The molecule has 0 aromatic carbocycles. The molecule has 1 aromatic rings. The molecule has 0 aliphatic carbocycles. The molecule has 0 aliphatic rings. The smallest absolute Gasteiger partial charge is 0.341 e. The third kappa shape index (κ3) is 2.61. The van der Waals surface area contributed by atoms with E-state index in [0.717, 1.165) is 12.3 Å². The van der Waals surface area contributed by atoms with E-state index in [9.17, 15) is 13.6 Å². The fourth-order valence-electron chi connectivity index (χ4n) is 0.983. The van der Waals surface area contributed by atoms with Gasteiger partial charge in [-0.3, -0.25) is 0 Å². The van der Waals surface area contributed by atoms with Crippen molar-refractivity contribution in [3.05, 3.63) is 23.4 Å². The molecule has 0 saturated heterocycles. The number of carbonyl (C=O) groups is 1. The number of ether oxygens (including phenoxy) is 1. The molecule has 0 fully saturated rings. The van der Waals surface area contributed by atoms with Gasteiger partial charge < -0.3 is 10.5 Å². The summed E-state index contributed by atoms with van der Waals surface area (Å²) in [4.78, 5) is 14.8. The summed E-state index contributed by atoms with van der Waals surface area (Å²) < 4.78 is 29.2. The quantitative estimate of drug-likeness (QED) is 0.782. The number of aromatic nitrogens is 1. The molecule has 0 atom stereocenters. The number of hydrogen-bond donors (Lipinski definition) is 1. The van der Waals surface area contributed by atoms with Gasteiger partial charge in [-0.25, -0.2) is 18.6 Å². The fourth-order valence-corrected chi connectivity index (χ4v) is 0.983. The van der Waals surface area contributed by atoms with Crippen LogP contribution >= 0.6 is 0 Å². The maximum absolute atomic E-state index is 12.3. The highest BCUT2D eigenvalue weighted by atomic mass is 19.3. The van der Waals surface area contributed by atoms with Gasteiger partial charge in [0.05, 0.1) is 6.61 Å². The van der Waals surface area contributed by atoms with Crippen molar-refractivity contribution in [1.82, 2.24) is 4.98 Å². The molecule has 6 heteroatoms. The van der Waals surface area contributed by atoms with E-state index < -0.39 is 12.4 Å². The number of halogens is 2. The van der Waals surface area contributed by atoms with Crippen LogP contribution in [0.4, 0.5) is 14.6 Å². The van der Waals surface area contributed by atoms with E-state index in [1.54, 1.807) is 6.92 Å². The van der Waals surface area contributed by atoms with Crippen molar-refractivity contribution in [2.24, 2.45) is 0 Å². The number of nitrogen functional groups attached to an aromatic ring is 1. The molecule has 82 valence electrons. The summed E-state index contributed by atoms with van der Waals surface area (Å²) in [5.41, 5.74) is 4.88. The predicted octanol–water partition coefficient (Wildman–Crippen LogP) is 1.78. The summed E-state index contributed by atoms with van der Waals surface area (Å²) >= 11 is 0. The topological polar surface area (TPSA) is 65.2 Å². The number of pyridine rings is 1. The molecule has 0 spiro atoms. The lowest BCUT2D eigenvalue weighted by atomic mass is 10.2. The zero-order chi connectivity index (χ0) is 11.4. The van der Waals surface area contributed by atoms with Crippen molar-refractivity contribution in [3.63, 3.8) is 0 Å². The van der Waals surface area contributed by atoms with Gasteiger partial charge in [-0.15, -0.1) is 0 Å². The second kappa shape index (κ2) is 4.68. The number of anilines is 1. The maximum Gasteiger partial charge on any atom is 0.341 e. The van der Waals surface area contributed by atoms with Crippen LogP contribution < -0.4 is 5.73 Å². The Balaban J connectivity index is 3.05. The molecule has 1 heterocycles. The summed E-state index contributed by atoms with van der Waals surface area (Å²) in [6.07, 6.45) is -1.76. The Morgan fingerprint density at radius 3 is 2.87 bits per heavy atom. The zero-order valence-corrected chi connectivity index (χ0v) is 8.04. The molecular formula is C9H10F2N2O2. The summed E-state index contributed by atoms with van der Waals surface area (Å²) in [6.45, 7) is 1.76. The Bertz CT molecular complexity index is 369. The normalized spacial score (nSPS) is 10.4. The lowest BCUT2D eigenvalue weighted by Gasteiger charge is -2.06. The van der Waals surface area contributed by atoms with Crippen molar-refractivity contribution in [2.75, 3.05) is 12.3 Å². The van der Waals surface area contributed by atoms with E-state index in [1.165, 1.54) is 0 Å². The molecule has 4 nitrogen and oxygen atoms in total. The molecule has 0 unspecified atom stereocenters. The molecule has 2 N–H and O–H groups in total. The Hall–Kier alpha value is -1.72. The maximum atomic E-state index is 12.3. The number of nitrogens with zero attached hydrogens (tertiary/aromatic N) is 1. The van der Waals surface area contributed by atoms with Crippen LogP contribution in [-0.2, 0) is 4.74 Å². The van der Waals surface area contributed by atoms with Crippen molar-refractivity contribution < 1.29 is 18.3 Å². The van der Waals surface area contributed by atoms with Crippen LogP contribution in [0.3, 0.4) is 0 Å². The highest BCUT2D eigenvalue weighted by Crippen LogP contribution is 2.21. The Morgan fingerprint density at radius 2 is 2.33 bits per heavy atom. The lowest BCUT2D eigenvalue weighted by Crippen LogP contribution is -2.10. The molecule has 15 heavy (non-hydrogen) atoms. The Kier molecular flexibility index (Phi) is 3.54. The van der Waals surface area contributed by atoms with E-state index >= 15 is 0 Å². The highest BCUT2D eigenvalue weighted by molar-refractivity contribution is 5.94. The van der Waals surface area contributed by atoms with Crippen LogP contribution in [0.2, 0.25) is 0 Å². The van der Waals surface area contributed by atoms with E-state index in [0.29, 0.717) is 0 Å². The van der Waals surface area contributed by atoms with Crippen molar-refractivity contribution in [1.29, 1.82) is 0 Å². The van der Waals surface area contributed by atoms with E-state index in [1.807, 2.05) is 0 Å². The van der Waals surface area contributed by atoms with Gasteiger partial charge in [0.15, 0.2) is 0 Å². The molecule has 1 rings (SSSR count). The summed E-state index contributed by atoms with van der Waals surface area (Å²) in [6, 6.07) is 0.991. The number of carbonyl (C=O) groups excluding carboxylic acids is 1. The molecular weight excluding hydrogens is 206 g/mol.